The zero-order valence-corrected chi connectivity index (χ0v) is 17.0. The van der Waals surface area contributed by atoms with Crippen LogP contribution in [0.1, 0.15) is 31.0 Å². The van der Waals surface area contributed by atoms with E-state index < -0.39 is 5.91 Å². The fourth-order valence-electron chi connectivity index (χ4n) is 2.42. The average molecular weight is 429 g/mol. The maximum absolute atomic E-state index is 12.5. The molecule has 0 saturated carbocycles. The van der Waals surface area contributed by atoms with E-state index in [4.69, 9.17) is 4.74 Å². The maximum Gasteiger partial charge on any atom is 0.263 e. The van der Waals surface area contributed by atoms with Gasteiger partial charge in [-0.15, -0.1) is 0 Å². The number of halogens is 1. The normalized spacial score (nSPS) is 12.0. The first kappa shape index (κ1) is 20.5. The predicted octanol–water partition coefficient (Wildman–Crippen LogP) is 4.25. The van der Waals surface area contributed by atoms with Crippen LogP contribution in [0.5, 0.6) is 5.75 Å². The summed E-state index contributed by atoms with van der Waals surface area (Å²) in [5.74, 6) is 0.765. The number of carbonyl (C=O) groups is 1. The van der Waals surface area contributed by atoms with Crippen LogP contribution in [0.2, 0.25) is 0 Å². The summed E-state index contributed by atoms with van der Waals surface area (Å²) in [5, 5.41) is 15.0. The van der Waals surface area contributed by atoms with E-state index in [1.54, 1.807) is 18.3 Å². The molecule has 140 valence electrons. The topological polar surface area (TPSA) is 87.0 Å². The first-order valence-electron chi connectivity index (χ1n) is 8.47. The molecule has 0 radical (unpaired) electrons. The van der Waals surface area contributed by atoms with Crippen LogP contribution in [0.15, 0.2) is 52.8 Å². The molecule has 2 aromatic rings. The molecule has 1 aromatic heterocycles. The Bertz CT molecular complexity index is 890. The molecule has 6 nitrogen and oxygen atoms in total. The Balaban J connectivity index is 2.13. The molecule has 0 fully saturated rings. The summed E-state index contributed by atoms with van der Waals surface area (Å²) in [6, 6.07) is 10.9. The van der Waals surface area contributed by atoms with Gasteiger partial charge in [0.15, 0.2) is 0 Å². The molecule has 2 rings (SSSR count). The SMILES string of the molecule is CCOc1ccc(C)cc1C(C)NC(=O)/C(C#N)=C\Nc1cc(Br)ccn1. The fourth-order valence-corrected chi connectivity index (χ4v) is 2.76. The minimum Gasteiger partial charge on any atom is -0.494 e. The molecule has 0 spiro atoms. The van der Waals surface area contributed by atoms with E-state index >= 15 is 0 Å². The molecule has 0 saturated heterocycles. The molecular weight excluding hydrogens is 408 g/mol. The monoisotopic (exact) mass is 428 g/mol. The largest absolute Gasteiger partial charge is 0.494 e. The van der Waals surface area contributed by atoms with E-state index in [9.17, 15) is 10.1 Å². The molecule has 0 aliphatic rings. The van der Waals surface area contributed by atoms with Gasteiger partial charge in [0.2, 0.25) is 0 Å². The lowest BCUT2D eigenvalue weighted by Gasteiger charge is -2.18. The van der Waals surface area contributed by atoms with Crippen LogP contribution < -0.4 is 15.4 Å². The number of nitriles is 1. The van der Waals surface area contributed by atoms with Gasteiger partial charge in [-0.1, -0.05) is 33.6 Å². The van der Waals surface area contributed by atoms with Crippen molar-refractivity contribution in [3.8, 4) is 11.8 Å². The van der Waals surface area contributed by atoms with Crippen molar-refractivity contribution >= 4 is 27.7 Å². The molecule has 1 amide bonds. The summed E-state index contributed by atoms with van der Waals surface area (Å²) in [6.45, 7) is 6.27. The number of amides is 1. The molecule has 1 atom stereocenters. The van der Waals surface area contributed by atoms with Gasteiger partial charge in [-0.2, -0.15) is 5.26 Å². The number of nitrogens with one attached hydrogen (secondary N) is 2. The summed E-state index contributed by atoms with van der Waals surface area (Å²) in [5.41, 5.74) is 1.88. The number of aryl methyl sites for hydroxylation is 1. The summed E-state index contributed by atoms with van der Waals surface area (Å²) in [6.07, 6.45) is 2.96. The highest BCUT2D eigenvalue weighted by Crippen LogP contribution is 2.26. The van der Waals surface area contributed by atoms with Gasteiger partial charge in [-0.25, -0.2) is 4.98 Å². The lowest BCUT2D eigenvalue weighted by molar-refractivity contribution is -0.117. The molecule has 1 unspecified atom stereocenters. The molecule has 0 aliphatic carbocycles. The van der Waals surface area contributed by atoms with Gasteiger partial charge >= 0.3 is 0 Å². The quantitative estimate of drug-likeness (QED) is 0.508. The molecule has 7 heteroatoms. The summed E-state index contributed by atoms with van der Waals surface area (Å²) in [7, 11) is 0. The van der Waals surface area contributed by atoms with Crippen LogP contribution in [0, 0.1) is 18.3 Å². The smallest absolute Gasteiger partial charge is 0.263 e. The van der Waals surface area contributed by atoms with E-state index in [1.807, 2.05) is 45.0 Å². The highest BCUT2D eigenvalue weighted by atomic mass is 79.9. The Labute approximate surface area is 167 Å². The van der Waals surface area contributed by atoms with Crippen molar-refractivity contribution in [1.29, 1.82) is 5.26 Å². The van der Waals surface area contributed by atoms with Crippen molar-refractivity contribution in [3.05, 3.63) is 63.9 Å². The number of carbonyl (C=O) groups excluding carboxylic acids is 1. The van der Waals surface area contributed by atoms with E-state index in [2.05, 4.69) is 31.5 Å². The predicted molar refractivity (Wildman–Crippen MR) is 108 cm³/mol. The Morgan fingerprint density at radius 3 is 2.85 bits per heavy atom. The van der Waals surface area contributed by atoms with Crippen LogP contribution in [0.3, 0.4) is 0 Å². The van der Waals surface area contributed by atoms with Crippen LogP contribution in [0.25, 0.3) is 0 Å². The van der Waals surface area contributed by atoms with Crippen molar-refractivity contribution in [2.75, 3.05) is 11.9 Å². The third-order valence-corrected chi connectivity index (χ3v) is 4.22. The standard InChI is InChI=1S/C20H21BrN4O2/c1-4-27-18-6-5-13(2)9-17(18)14(3)25-20(26)15(11-22)12-24-19-10-16(21)7-8-23-19/h5-10,12,14H,4H2,1-3H3,(H,23,24)(H,25,26)/b15-12-. The van der Waals surface area contributed by atoms with Crippen molar-refractivity contribution in [3.63, 3.8) is 0 Å². The number of aromatic nitrogens is 1. The Morgan fingerprint density at radius 2 is 2.19 bits per heavy atom. The van der Waals surface area contributed by atoms with Crippen molar-refractivity contribution in [1.82, 2.24) is 10.3 Å². The Hall–Kier alpha value is -2.85. The highest BCUT2D eigenvalue weighted by molar-refractivity contribution is 9.10. The van der Waals surface area contributed by atoms with Gasteiger partial charge in [0.1, 0.15) is 23.2 Å². The summed E-state index contributed by atoms with van der Waals surface area (Å²) in [4.78, 5) is 16.6. The molecule has 27 heavy (non-hydrogen) atoms. The number of ether oxygens (including phenoxy) is 1. The average Bonchev–Trinajstić information content (AvgIpc) is 2.64. The van der Waals surface area contributed by atoms with Gasteiger partial charge in [0.25, 0.3) is 5.91 Å². The number of benzene rings is 1. The van der Waals surface area contributed by atoms with Gasteiger partial charge in [0, 0.05) is 22.4 Å². The lowest BCUT2D eigenvalue weighted by atomic mass is 10.0. The summed E-state index contributed by atoms with van der Waals surface area (Å²) < 4.78 is 6.48. The van der Waals surface area contributed by atoms with Crippen molar-refractivity contribution < 1.29 is 9.53 Å². The second-order valence-electron chi connectivity index (χ2n) is 5.84. The van der Waals surface area contributed by atoms with Gasteiger partial charge in [-0.05, 0) is 39.0 Å². The Morgan fingerprint density at radius 1 is 1.41 bits per heavy atom. The third-order valence-electron chi connectivity index (χ3n) is 3.73. The van der Waals surface area contributed by atoms with Gasteiger partial charge in [-0.3, -0.25) is 4.79 Å². The van der Waals surface area contributed by atoms with E-state index in [1.165, 1.54) is 6.20 Å². The molecule has 2 N–H and O–H groups in total. The van der Waals surface area contributed by atoms with E-state index in [0.717, 1.165) is 21.3 Å². The number of rotatable bonds is 7. The molecule has 1 heterocycles. The molecule has 0 bridgehead atoms. The second-order valence-corrected chi connectivity index (χ2v) is 6.76. The lowest BCUT2D eigenvalue weighted by Crippen LogP contribution is -2.28. The number of hydrogen-bond acceptors (Lipinski definition) is 5. The zero-order valence-electron chi connectivity index (χ0n) is 15.4. The minimum absolute atomic E-state index is 0.0470. The summed E-state index contributed by atoms with van der Waals surface area (Å²) >= 11 is 3.34. The third kappa shape index (κ3) is 5.83. The second kappa shape index (κ2) is 9.74. The first-order chi connectivity index (χ1) is 12.9. The first-order valence-corrected chi connectivity index (χ1v) is 9.26. The number of hydrogen-bond donors (Lipinski definition) is 2. The molecule has 1 aromatic carbocycles. The minimum atomic E-state index is -0.476. The van der Waals surface area contributed by atoms with Gasteiger partial charge < -0.3 is 15.4 Å². The number of pyridine rings is 1. The van der Waals surface area contributed by atoms with Crippen molar-refractivity contribution in [2.24, 2.45) is 0 Å². The fraction of sp³-hybridized carbons (Fsp3) is 0.250. The molecule has 0 aliphatic heterocycles. The van der Waals surface area contributed by atoms with Crippen LogP contribution in [0.4, 0.5) is 5.82 Å². The van der Waals surface area contributed by atoms with Crippen LogP contribution >= 0.6 is 15.9 Å². The zero-order chi connectivity index (χ0) is 19.8. The Kier molecular flexibility index (Phi) is 7.38. The highest BCUT2D eigenvalue weighted by Gasteiger charge is 2.17. The maximum atomic E-state index is 12.5. The number of nitrogens with zero attached hydrogens (tertiary/aromatic N) is 2. The van der Waals surface area contributed by atoms with E-state index in [0.29, 0.717) is 12.4 Å². The van der Waals surface area contributed by atoms with Crippen LogP contribution in [-0.2, 0) is 4.79 Å². The van der Waals surface area contributed by atoms with E-state index in [-0.39, 0.29) is 11.6 Å². The van der Waals surface area contributed by atoms with Crippen molar-refractivity contribution in [2.45, 2.75) is 26.8 Å². The van der Waals surface area contributed by atoms with Gasteiger partial charge in [0.05, 0.1) is 12.6 Å². The number of anilines is 1. The molecular formula is C20H21BrN4O2. The van der Waals surface area contributed by atoms with Crippen LogP contribution in [-0.4, -0.2) is 17.5 Å².